The summed E-state index contributed by atoms with van der Waals surface area (Å²) in [5, 5.41) is 2.72. The van der Waals surface area contributed by atoms with E-state index >= 15 is 0 Å². The first-order valence-corrected chi connectivity index (χ1v) is 11.3. The molecule has 2 atom stereocenters. The van der Waals surface area contributed by atoms with Crippen molar-refractivity contribution in [3.05, 3.63) is 0 Å². The Balaban J connectivity index is 1.29. The van der Waals surface area contributed by atoms with Gasteiger partial charge in [0.25, 0.3) is 0 Å². The highest BCUT2D eigenvalue weighted by molar-refractivity contribution is 5.75. The first-order chi connectivity index (χ1) is 15.2. The fraction of sp³-hybridized carbons (Fsp3) is 0.826. The Morgan fingerprint density at radius 1 is 0.806 bits per heavy atom. The third kappa shape index (κ3) is 12.1. The molecule has 2 aliphatic carbocycles. The quantitative estimate of drug-likeness (QED) is 0.274. The first kappa shape index (κ1) is 25.6. The van der Waals surface area contributed by atoms with Crippen LogP contribution >= 0.6 is 0 Å². The van der Waals surface area contributed by atoms with Gasteiger partial charge in [0, 0.05) is 25.8 Å². The lowest BCUT2D eigenvalue weighted by molar-refractivity contribution is -0.118. The van der Waals surface area contributed by atoms with E-state index in [2.05, 4.69) is 17.2 Å². The predicted molar refractivity (Wildman–Crippen MR) is 115 cm³/mol. The molecule has 0 aromatic carbocycles. The second-order valence-electron chi connectivity index (χ2n) is 7.85. The van der Waals surface area contributed by atoms with Crippen LogP contribution in [0.5, 0.6) is 0 Å². The van der Waals surface area contributed by atoms with E-state index in [1.807, 2.05) is 0 Å². The maximum atomic E-state index is 11.8. The molecule has 0 radical (unpaired) electrons. The Morgan fingerprint density at radius 3 is 1.87 bits per heavy atom. The Hall–Kier alpha value is -1.66. The average Bonchev–Trinajstić information content (AvgIpc) is 3.38. The van der Waals surface area contributed by atoms with Gasteiger partial charge in [-0.05, 0) is 37.5 Å². The summed E-state index contributed by atoms with van der Waals surface area (Å²) in [5.41, 5.74) is 0. The molecule has 0 aliphatic heterocycles. The smallest absolute Gasteiger partial charge is 0.407 e. The number of rotatable bonds is 17. The average molecular weight is 440 g/mol. The van der Waals surface area contributed by atoms with Crippen LogP contribution in [-0.2, 0) is 28.5 Å². The van der Waals surface area contributed by atoms with Gasteiger partial charge in [-0.15, -0.1) is 11.8 Å². The summed E-state index contributed by atoms with van der Waals surface area (Å²) >= 11 is 0. The number of ether oxygens (including phenoxy) is 5. The molecule has 2 aliphatic rings. The fourth-order valence-corrected chi connectivity index (χ4v) is 3.71. The van der Waals surface area contributed by atoms with Crippen LogP contribution in [0.25, 0.3) is 0 Å². The number of alkyl carbamates (subject to hydrolysis) is 1. The number of hydrogen-bond donors (Lipinski definition) is 1. The molecule has 31 heavy (non-hydrogen) atoms. The number of amides is 1. The molecule has 1 fully saturated rings. The molecule has 2 rings (SSSR count). The molecule has 0 heterocycles. The van der Waals surface area contributed by atoms with Crippen molar-refractivity contribution in [1.82, 2.24) is 5.32 Å². The molecule has 0 aromatic rings. The SMILES string of the molecule is CC(=O)CCOCCOCCOCCOCCNC(=O)OCC1C2CCC#CCCC21. The zero-order valence-electron chi connectivity index (χ0n) is 18.7. The largest absolute Gasteiger partial charge is 0.449 e. The summed E-state index contributed by atoms with van der Waals surface area (Å²) in [7, 11) is 0. The molecule has 176 valence electrons. The monoisotopic (exact) mass is 439 g/mol. The van der Waals surface area contributed by atoms with Crippen LogP contribution in [0.15, 0.2) is 0 Å². The lowest BCUT2D eigenvalue weighted by Crippen LogP contribution is -2.29. The normalized spacial score (nSPS) is 21.8. The molecular weight excluding hydrogens is 402 g/mol. The van der Waals surface area contributed by atoms with Gasteiger partial charge < -0.3 is 29.0 Å². The van der Waals surface area contributed by atoms with Gasteiger partial charge in [0.2, 0.25) is 0 Å². The minimum Gasteiger partial charge on any atom is -0.449 e. The number of Topliss-reactive ketones (excluding diaryl/α,β-unsaturated/α-hetero) is 1. The summed E-state index contributed by atoms with van der Waals surface area (Å²) < 4.78 is 26.8. The summed E-state index contributed by atoms with van der Waals surface area (Å²) in [6.07, 6.45) is 4.26. The topological polar surface area (TPSA) is 92.3 Å². The third-order valence-electron chi connectivity index (χ3n) is 5.48. The van der Waals surface area contributed by atoms with Crippen molar-refractivity contribution >= 4 is 11.9 Å². The van der Waals surface area contributed by atoms with Gasteiger partial charge in [-0.1, -0.05) is 0 Å². The minimum absolute atomic E-state index is 0.125. The van der Waals surface area contributed by atoms with Crippen molar-refractivity contribution in [2.45, 2.75) is 39.0 Å². The van der Waals surface area contributed by atoms with Crippen LogP contribution in [0.4, 0.5) is 4.79 Å². The maximum Gasteiger partial charge on any atom is 0.407 e. The molecule has 0 spiro atoms. The van der Waals surface area contributed by atoms with Crippen molar-refractivity contribution < 1.29 is 33.3 Å². The predicted octanol–water partition coefficient (Wildman–Crippen LogP) is 2.20. The Kier molecular flexibility index (Phi) is 13.2. The summed E-state index contributed by atoms with van der Waals surface area (Å²) in [5.74, 6) is 8.37. The molecule has 8 heteroatoms. The van der Waals surface area contributed by atoms with E-state index < -0.39 is 0 Å². The molecule has 1 amide bonds. The highest BCUT2D eigenvalue weighted by atomic mass is 16.6. The van der Waals surface area contributed by atoms with Crippen LogP contribution in [0.2, 0.25) is 0 Å². The van der Waals surface area contributed by atoms with Crippen molar-refractivity contribution in [2.24, 2.45) is 17.8 Å². The Labute approximate surface area is 185 Å². The molecule has 2 unspecified atom stereocenters. The van der Waals surface area contributed by atoms with Gasteiger partial charge >= 0.3 is 6.09 Å². The van der Waals surface area contributed by atoms with Crippen LogP contribution in [0.1, 0.15) is 39.0 Å². The molecular formula is C23H37NO7. The van der Waals surface area contributed by atoms with Gasteiger partial charge in [-0.2, -0.15) is 0 Å². The number of carbonyl (C=O) groups is 2. The molecule has 1 saturated carbocycles. The van der Waals surface area contributed by atoms with Crippen molar-refractivity contribution in [2.75, 3.05) is 66.0 Å². The number of carbonyl (C=O) groups excluding carboxylic acids is 2. The van der Waals surface area contributed by atoms with E-state index in [0.29, 0.717) is 90.2 Å². The van der Waals surface area contributed by atoms with Crippen LogP contribution in [0, 0.1) is 29.6 Å². The lowest BCUT2D eigenvalue weighted by atomic mass is 10.1. The van der Waals surface area contributed by atoms with E-state index in [1.165, 1.54) is 0 Å². The minimum atomic E-state index is -0.377. The van der Waals surface area contributed by atoms with Gasteiger partial charge in [0.15, 0.2) is 0 Å². The second-order valence-corrected chi connectivity index (χ2v) is 7.85. The summed E-state index contributed by atoms with van der Waals surface area (Å²) in [6, 6.07) is 0. The van der Waals surface area contributed by atoms with Gasteiger partial charge in [0.1, 0.15) is 5.78 Å². The Bertz CT molecular complexity index is 568. The first-order valence-electron chi connectivity index (χ1n) is 11.3. The number of nitrogens with one attached hydrogen (secondary N) is 1. The van der Waals surface area contributed by atoms with Crippen molar-refractivity contribution in [3.8, 4) is 11.8 Å². The van der Waals surface area contributed by atoms with Crippen molar-refractivity contribution in [3.63, 3.8) is 0 Å². The number of hydrogen-bond acceptors (Lipinski definition) is 7. The van der Waals surface area contributed by atoms with E-state index in [4.69, 9.17) is 23.7 Å². The van der Waals surface area contributed by atoms with Crippen LogP contribution in [0.3, 0.4) is 0 Å². The number of ketones is 1. The zero-order valence-corrected chi connectivity index (χ0v) is 18.7. The van der Waals surface area contributed by atoms with Gasteiger partial charge in [-0.3, -0.25) is 4.79 Å². The van der Waals surface area contributed by atoms with Crippen molar-refractivity contribution in [1.29, 1.82) is 0 Å². The fourth-order valence-electron chi connectivity index (χ4n) is 3.71. The van der Waals surface area contributed by atoms with Gasteiger partial charge in [0.05, 0.1) is 59.5 Å². The second kappa shape index (κ2) is 16.0. The lowest BCUT2D eigenvalue weighted by Gasteiger charge is -2.08. The van der Waals surface area contributed by atoms with E-state index in [1.54, 1.807) is 6.92 Å². The van der Waals surface area contributed by atoms with E-state index in [-0.39, 0.29) is 11.9 Å². The third-order valence-corrected chi connectivity index (χ3v) is 5.48. The molecule has 0 saturated heterocycles. The zero-order chi connectivity index (χ0) is 22.2. The van der Waals surface area contributed by atoms with E-state index in [0.717, 1.165) is 25.7 Å². The van der Waals surface area contributed by atoms with Crippen LogP contribution in [-0.4, -0.2) is 77.9 Å². The maximum absolute atomic E-state index is 11.8. The highest BCUT2D eigenvalue weighted by Crippen LogP contribution is 2.52. The molecule has 0 bridgehead atoms. The Morgan fingerprint density at radius 2 is 1.32 bits per heavy atom. The molecule has 0 aromatic heterocycles. The summed E-state index contributed by atoms with van der Waals surface area (Å²) in [6.45, 7) is 6.17. The number of fused-ring (bicyclic) bond motifs is 1. The van der Waals surface area contributed by atoms with Gasteiger partial charge in [-0.25, -0.2) is 4.79 Å². The molecule has 8 nitrogen and oxygen atoms in total. The van der Waals surface area contributed by atoms with Crippen LogP contribution < -0.4 is 5.32 Å². The van der Waals surface area contributed by atoms with E-state index in [9.17, 15) is 9.59 Å². The molecule has 1 N–H and O–H groups in total. The highest BCUT2D eigenvalue weighted by Gasteiger charge is 2.49. The standard InChI is InChI=1S/C23H37NO7/c1-19(25)8-10-27-12-14-29-16-17-30-15-13-28-11-9-24-23(26)31-18-22-20-6-4-2-3-5-7-21(20)22/h20-22H,4-18H2,1H3,(H,24,26). The summed E-state index contributed by atoms with van der Waals surface area (Å²) in [4.78, 5) is 22.5.